The fourth-order valence-corrected chi connectivity index (χ4v) is 2.34. The van der Waals surface area contributed by atoms with Crippen LogP contribution in [-0.2, 0) is 6.54 Å². The van der Waals surface area contributed by atoms with Gasteiger partial charge >= 0.3 is 5.76 Å². The summed E-state index contributed by atoms with van der Waals surface area (Å²) in [5.41, 5.74) is 0.565. The lowest BCUT2D eigenvalue weighted by molar-refractivity contribution is 0.471. The van der Waals surface area contributed by atoms with Crippen LogP contribution >= 0.6 is 23.2 Å². The lowest BCUT2D eigenvalue weighted by Crippen LogP contribution is -2.32. The third-order valence-electron chi connectivity index (χ3n) is 3.09. The van der Waals surface area contributed by atoms with Crippen molar-refractivity contribution in [3.63, 3.8) is 0 Å². The molecule has 1 heterocycles. The molecule has 0 aliphatic carbocycles. The van der Waals surface area contributed by atoms with Crippen LogP contribution in [0.1, 0.15) is 5.56 Å². The van der Waals surface area contributed by atoms with Gasteiger partial charge in [-0.1, -0.05) is 35.3 Å². The first-order chi connectivity index (χ1) is 10.0. The molecule has 0 amide bonds. The fourth-order valence-electron chi connectivity index (χ4n) is 2.04. The highest BCUT2D eigenvalue weighted by Gasteiger charge is 2.10. The van der Waals surface area contributed by atoms with Crippen molar-refractivity contribution in [2.75, 3.05) is 0 Å². The normalized spacial score (nSPS) is 11.0. The molecule has 106 valence electrons. The van der Waals surface area contributed by atoms with Crippen molar-refractivity contribution in [3.8, 4) is 0 Å². The van der Waals surface area contributed by atoms with Crippen LogP contribution in [0.3, 0.4) is 0 Å². The summed E-state index contributed by atoms with van der Waals surface area (Å²) in [7, 11) is 0. The van der Waals surface area contributed by atoms with Crippen molar-refractivity contribution >= 4 is 34.2 Å². The molecule has 0 radical (unpaired) electrons. The van der Waals surface area contributed by atoms with Crippen LogP contribution in [0.5, 0.6) is 0 Å². The number of hydrogen-bond donors (Lipinski definition) is 0. The van der Waals surface area contributed by atoms with E-state index >= 15 is 0 Å². The van der Waals surface area contributed by atoms with Crippen LogP contribution in [0.25, 0.3) is 11.0 Å². The van der Waals surface area contributed by atoms with E-state index < -0.39 is 11.3 Å². The average Bonchev–Trinajstić information content (AvgIpc) is 2.46. The molecule has 0 bridgehead atoms. The first-order valence-corrected chi connectivity index (χ1v) is 6.88. The van der Waals surface area contributed by atoms with Crippen LogP contribution in [0.4, 0.5) is 0 Å². The molecule has 0 unspecified atom stereocenters. The number of rotatable bonds is 2. The summed E-state index contributed by atoms with van der Waals surface area (Å²) >= 11 is 11.7. The Labute approximate surface area is 129 Å². The predicted molar refractivity (Wildman–Crippen MR) is 82.3 cm³/mol. The van der Waals surface area contributed by atoms with Crippen LogP contribution < -0.4 is 11.3 Å². The molecular weight excluding hydrogens is 313 g/mol. The second kappa shape index (κ2) is 5.39. The molecular formula is C15H9Cl2NO3. The summed E-state index contributed by atoms with van der Waals surface area (Å²) in [5, 5.41) is 1.27. The maximum atomic E-state index is 12.4. The van der Waals surface area contributed by atoms with Crippen molar-refractivity contribution in [2.24, 2.45) is 0 Å². The molecule has 0 aliphatic heterocycles. The molecule has 21 heavy (non-hydrogen) atoms. The van der Waals surface area contributed by atoms with E-state index in [4.69, 9.17) is 27.6 Å². The first kappa shape index (κ1) is 13.9. The van der Waals surface area contributed by atoms with Crippen LogP contribution in [-0.4, -0.2) is 4.57 Å². The van der Waals surface area contributed by atoms with Gasteiger partial charge in [-0.15, -0.1) is 0 Å². The number of hydrogen-bond acceptors (Lipinski definition) is 3. The van der Waals surface area contributed by atoms with Crippen LogP contribution in [0.15, 0.2) is 56.5 Å². The molecule has 2 aromatic carbocycles. The Morgan fingerprint density at radius 3 is 2.33 bits per heavy atom. The molecule has 0 spiro atoms. The van der Waals surface area contributed by atoms with Crippen molar-refractivity contribution in [1.82, 2.24) is 4.57 Å². The Morgan fingerprint density at radius 1 is 0.952 bits per heavy atom. The molecule has 0 atom stereocenters. The monoisotopic (exact) mass is 321 g/mol. The molecule has 0 saturated heterocycles. The third kappa shape index (κ3) is 2.73. The topological polar surface area (TPSA) is 52.2 Å². The molecule has 0 aliphatic rings. The SMILES string of the molecule is O=c1oc2ccc(Cl)cc2c(=O)n1Cc1ccc(Cl)cc1. The van der Waals surface area contributed by atoms with Gasteiger partial charge in [0, 0.05) is 10.0 Å². The summed E-state index contributed by atoms with van der Waals surface area (Å²) in [6.07, 6.45) is 0. The van der Waals surface area contributed by atoms with Gasteiger partial charge in [-0.25, -0.2) is 9.36 Å². The molecule has 0 saturated carbocycles. The Bertz CT molecular complexity index is 926. The van der Waals surface area contributed by atoms with E-state index in [1.165, 1.54) is 12.1 Å². The number of halogens is 2. The molecule has 0 fully saturated rings. The summed E-state index contributed by atoms with van der Waals surface area (Å²) in [4.78, 5) is 24.3. The smallest absolute Gasteiger partial charge is 0.409 e. The van der Waals surface area contributed by atoms with Crippen molar-refractivity contribution in [3.05, 3.63) is 79.0 Å². The first-order valence-electron chi connectivity index (χ1n) is 6.12. The Hall–Kier alpha value is -2.04. The Kier molecular flexibility index (Phi) is 3.57. The minimum Gasteiger partial charge on any atom is -0.409 e. The summed E-state index contributed by atoms with van der Waals surface area (Å²) in [6.45, 7) is 0.112. The molecule has 4 nitrogen and oxygen atoms in total. The Morgan fingerprint density at radius 2 is 1.62 bits per heavy atom. The highest BCUT2D eigenvalue weighted by molar-refractivity contribution is 6.31. The van der Waals surface area contributed by atoms with Crippen molar-refractivity contribution in [2.45, 2.75) is 6.54 Å². The van der Waals surface area contributed by atoms with E-state index in [1.807, 2.05) is 0 Å². The van der Waals surface area contributed by atoms with Crippen LogP contribution in [0.2, 0.25) is 10.0 Å². The van der Waals surface area contributed by atoms with Gasteiger partial charge in [-0.3, -0.25) is 4.79 Å². The van der Waals surface area contributed by atoms with E-state index in [0.717, 1.165) is 10.1 Å². The lowest BCUT2D eigenvalue weighted by atomic mass is 10.2. The van der Waals surface area contributed by atoms with Gasteiger partial charge in [0.2, 0.25) is 0 Å². The average molecular weight is 322 g/mol. The van der Waals surface area contributed by atoms with Gasteiger partial charge in [0.25, 0.3) is 5.56 Å². The minimum absolute atomic E-state index is 0.112. The maximum Gasteiger partial charge on any atom is 0.422 e. The van der Waals surface area contributed by atoms with E-state index in [9.17, 15) is 9.59 Å². The zero-order valence-corrected chi connectivity index (χ0v) is 12.2. The van der Waals surface area contributed by atoms with Gasteiger partial charge in [0.15, 0.2) is 0 Å². The van der Waals surface area contributed by atoms with Crippen molar-refractivity contribution in [1.29, 1.82) is 0 Å². The summed E-state index contributed by atoms with van der Waals surface area (Å²) in [5.74, 6) is -0.704. The quantitative estimate of drug-likeness (QED) is 0.727. The second-order valence-corrected chi connectivity index (χ2v) is 5.40. The van der Waals surface area contributed by atoms with E-state index in [0.29, 0.717) is 10.0 Å². The number of fused-ring (bicyclic) bond motifs is 1. The van der Waals surface area contributed by atoms with Crippen molar-refractivity contribution < 1.29 is 4.42 Å². The third-order valence-corrected chi connectivity index (χ3v) is 3.58. The zero-order valence-electron chi connectivity index (χ0n) is 10.7. The standard InChI is InChI=1S/C15H9Cl2NO3/c16-10-3-1-9(2-4-10)8-18-14(19)12-7-11(17)5-6-13(12)21-15(18)20/h1-7H,8H2. The van der Waals surface area contributed by atoms with E-state index in [1.54, 1.807) is 30.3 Å². The van der Waals surface area contributed by atoms with Gasteiger partial charge < -0.3 is 4.42 Å². The lowest BCUT2D eigenvalue weighted by Gasteiger charge is -2.06. The number of nitrogens with zero attached hydrogens (tertiary/aromatic N) is 1. The highest BCUT2D eigenvalue weighted by Crippen LogP contribution is 2.15. The summed E-state index contributed by atoms with van der Waals surface area (Å²) < 4.78 is 6.18. The summed E-state index contributed by atoms with van der Waals surface area (Å²) in [6, 6.07) is 11.4. The van der Waals surface area contributed by atoms with Gasteiger partial charge in [-0.2, -0.15) is 0 Å². The second-order valence-electron chi connectivity index (χ2n) is 4.53. The van der Waals surface area contributed by atoms with Crippen LogP contribution in [0, 0.1) is 0 Å². The van der Waals surface area contributed by atoms with Gasteiger partial charge in [0.1, 0.15) is 5.58 Å². The van der Waals surface area contributed by atoms with Gasteiger partial charge in [-0.05, 0) is 35.9 Å². The molecule has 6 heteroatoms. The molecule has 3 aromatic rings. The fraction of sp³-hybridized carbons (Fsp3) is 0.0667. The number of benzene rings is 2. The number of aromatic nitrogens is 1. The molecule has 0 N–H and O–H groups in total. The van der Waals surface area contributed by atoms with Gasteiger partial charge in [0.05, 0.1) is 11.9 Å². The maximum absolute atomic E-state index is 12.4. The van der Waals surface area contributed by atoms with E-state index in [-0.39, 0.29) is 17.5 Å². The predicted octanol–water partition coefficient (Wildman–Crippen LogP) is 3.31. The largest absolute Gasteiger partial charge is 0.422 e. The zero-order chi connectivity index (χ0) is 15.0. The minimum atomic E-state index is -0.704. The Balaban J connectivity index is 2.16. The highest BCUT2D eigenvalue weighted by atomic mass is 35.5. The molecule has 3 rings (SSSR count). The van der Waals surface area contributed by atoms with E-state index in [2.05, 4.69) is 0 Å². The molecule has 1 aromatic heterocycles.